The highest BCUT2D eigenvalue weighted by atomic mass is 35.5. The van der Waals surface area contributed by atoms with Gasteiger partial charge in [0.15, 0.2) is 5.17 Å². The summed E-state index contributed by atoms with van der Waals surface area (Å²) in [7, 11) is 1.55. The fourth-order valence-corrected chi connectivity index (χ4v) is 4.79. The summed E-state index contributed by atoms with van der Waals surface area (Å²) in [5, 5.41) is 6.18. The molecule has 2 aliphatic heterocycles. The number of carbonyl (C=O) groups excluding carboxylic acids is 2. The fraction of sp³-hybridized carbons (Fsp3) is 0.409. The van der Waals surface area contributed by atoms with Gasteiger partial charge in [-0.1, -0.05) is 41.6 Å². The van der Waals surface area contributed by atoms with Crippen molar-refractivity contribution in [3.05, 3.63) is 57.2 Å². The molecule has 4 rings (SSSR count). The number of rotatable bonds is 8. The van der Waals surface area contributed by atoms with Gasteiger partial charge in [-0.2, -0.15) is 0 Å². The summed E-state index contributed by atoms with van der Waals surface area (Å²) in [6.45, 7) is 2.23. The third-order valence-corrected chi connectivity index (χ3v) is 6.46. The second-order valence-corrected chi connectivity index (χ2v) is 8.81. The molecule has 1 aliphatic carbocycles. The molecule has 31 heavy (non-hydrogen) atoms. The minimum atomic E-state index is -0.536. The van der Waals surface area contributed by atoms with Crippen molar-refractivity contribution in [1.82, 2.24) is 10.2 Å². The Bertz CT molecular complexity index is 987. The average Bonchev–Trinajstić information content (AvgIpc) is 3.46. The molecule has 0 radical (unpaired) electrons. The number of benzene rings is 1. The molecule has 1 atom stereocenters. The standard InChI is InChI=1S/C22H24ClN3O4S/c1-13-19(21(28)30-10-9-29-2)20(16-5-3-4-6-17(16)23)26-15(12-31-22(26)24-13)11-18(27)25-14-7-8-14/h3-6,12,14,20H,7-11H2,1-2H3,(H,25,27). The smallest absolute Gasteiger partial charge is 0.338 e. The zero-order valence-corrected chi connectivity index (χ0v) is 19.0. The Morgan fingerprint density at radius 2 is 2.06 bits per heavy atom. The van der Waals surface area contributed by atoms with E-state index in [1.165, 1.54) is 11.8 Å². The number of esters is 1. The zero-order valence-electron chi connectivity index (χ0n) is 17.4. The van der Waals surface area contributed by atoms with Crippen LogP contribution in [0.4, 0.5) is 0 Å². The number of thioether (sulfide) groups is 1. The second-order valence-electron chi connectivity index (χ2n) is 7.56. The van der Waals surface area contributed by atoms with Crippen LogP contribution in [0.3, 0.4) is 0 Å². The van der Waals surface area contributed by atoms with Gasteiger partial charge >= 0.3 is 5.97 Å². The van der Waals surface area contributed by atoms with Crippen LogP contribution in [0.1, 0.15) is 37.8 Å². The van der Waals surface area contributed by atoms with Crippen LogP contribution in [-0.4, -0.2) is 48.3 Å². The first kappa shape index (κ1) is 21.9. The van der Waals surface area contributed by atoms with Crippen LogP contribution < -0.4 is 5.32 Å². The number of ether oxygens (including phenoxy) is 2. The molecule has 2 heterocycles. The molecular formula is C22H24ClN3O4S. The van der Waals surface area contributed by atoms with Crippen molar-refractivity contribution in [2.45, 2.75) is 38.3 Å². The SMILES string of the molecule is COCCOC(=O)C1=C(C)N=C2SC=C(CC(=O)NC3CC3)N2C1c1ccccc1Cl. The van der Waals surface area contributed by atoms with Gasteiger partial charge in [0.25, 0.3) is 0 Å². The molecular weight excluding hydrogens is 438 g/mol. The van der Waals surface area contributed by atoms with Crippen LogP contribution in [0.25, 0.3) is 0 Å². The first-order chi connectivity index (χ1) is 15.0. The Kier molecular flexibility index (Phi) is 6.69. The first-order valence-electron chi connectivity index (χ1n) is 10.1. The number of halogens is 1. The molecule has 0 aromatic heterocycles. The average molecular weight is 462 g/mol. The highest BCUT2D eigenvalue weighted by molar-refractivity contribution is 8.16. The Balaban J connectivity index is 1.68. The molecule has 1 aromatic carbocycles. The molecule has 1 aromatic rings. The Labute approximate surface area is 190 Å². The monoisotopic (exact) mass is 461 g/mol. The van der Waals surface area contributed by atoms with Gasteiger partial charge < -0.3 is 19.7 Å². The summed E-state index contributed by atoms with van der Waals surface area (Å²) >= 11 is 7.99. The molecule has 7 nitrogen and oxygen atoms in total. The number of fused-ring (bicyclic) bond motifs is 1. The lowest BCUT2D eigenvalue weighted by molar-refractivity contribution is -0.141. The predicted molar refractivity (Wildman–Crippen MR) is 120 cm³/mol. The van der Waals surface area contributed by atoms with E-state index in [1.54, 1.807) is 20.1 Å². The van der Waals surface area contributed by atoms with Crippen molar-refractivity contribution in [3.8, 4) is 0 Å². The third kappa shape index (κ3) is 4.81. The number of nitrogens with zero attached hydrogens (tertiary/aromatic N) is 2. The molecule has 9 heteroatoms. The van der Waals surface area contributed by atoms with E-state index < -0.39 is 12.0 Å². The van der Waals surface area contributed by atoms with E-state index in [2.05, 4.69) is 10.3 Å². The maximum Gasteiger partial charge on any atom is 0.338 e. The highest BCUT2D eigenvalue weighted by Gasteiger charge is 2.42. The molecule has 3 aliphatic rings. The van der Waals surface area contributed by atoms with E-state index in [0.717, 1.165) is 24.1 Å². The number of allylic oxidation sites excluding steroid dienone is 1. The number of aliphatic imine (C=N–C) groups is 1. The number of methoxy groups -OCH3 is 1. The van der Waals surface area contributed by atoms with Crippen molar-refractivity contribution in [3.63, 3.8) is 0 Å². The number of nitrogens with one attached hydrogen (secondary N) is 1. The molecule has 164 valence electrons. The van der Waals surface area contributed by atoms with Gasteiger partial charge in [-0.25, -0.2) is 9.79 Å². The molecule has 1 saturated carbocycles. The summed E-state index contributed by atoms with van der Waals surface area (Å²) in [6, 6.07) is 7.14. The van der Waals surface area contributed by atoms with Crippen LogP contribution >= 0.6 is 23.4 Å². The van der Waals surface area contributed by atoms with Crippen LogP contribution in [0.5, 0.6) is 0 Å². The van der Waals surface area contributed by atoms with E-state index >= 15 is 0 Å². The van der Waals surface area contributed by atoms with Crippen LogP contribution in [-0.2, 0) is 19.1 Å². The lowest BCUT2D eigenvalue weighted by Crippen LogP contribution is -2.38. The van der Waals surface area contributed by atoms with E-state index in [4.69, 9.17) is 21.1 Å². The van der Waals surface area contributed by atoms with E-state index in [-0.39, 0.29) is 25.0 Å². The number of carbonyl (C=O) groups is 2. The van der Waals surface area contributed by atoms with E-state index in [0.29, 0.717) is 28.1 Å². The molecule has 1 amide bonds. The summed E-state index contributed by atoms with van der Waals surface area (Å²) in [6.07, 6.45) is 2.25. The molecule has 1 N–H and O–H groups in total. The number of amidine groups is 1. The van der Waals surface area contributed by atoms with Gasteiger partial charge in [0.2, 0.25) is 5.91 Å². The lowest BCUT2D eigenvalue weighted by Gasteiger charge is -2.36. The molecule has 0 spiro atoms. The topological polar surface area (TPSA) is 80.2 Å². The Morgan fingerprint density at radius 1 is 1.29 bits per heavy atom. The van der Waals surface area contributed by atoms with Crippen molar-refractivity contribution in [2.24, 2.45) is 4.99 Å². The van der Waals surface area contributed by atoms with Crippen molar-refractivity contribution in [2.75, 3.05) is 20.3 Å². The highest BCUT2D eigenvalue weighted by Crippen LogP contribution is 2.46. The van der Waals surface area contributed by atoms with Crippen molar-refractivity contribution in [1.29, 1.82) is 0 Å². The molecule has 1 fully saturated rings. The van der Waals surface area contributed by atoms with Crippen molar-refractivity contribution >= 4 is 40.4 Å². The van der Waals surface area contributed by atoms with Gasteiger partial charge in [-0.15, -0.1) is 0 Å². The number of amides is 1. The van der Waals surface area contributed by atoms with E-state index in [1.807, 2.05) is 28.5 Å². The van der Waals surface area contributed by atoms with Crippen molar-refractivity contribution < 1.29 is 19.1 Å². The number of hydrogen-bond acceptors (Lipinski definition) is 7. The maximum absolute atomic E-state index is 13.1. The van der Waals surface area contributed by atoms with Crippen LogP contribution in [0.2, 0.25) is 5.02 Å². The second kappa shape index (κ2) is 9.46. The zero-order chi connectivity index (χ0) is 22.0. The third-order valence-electron chi connectivity index (χ3n) is 5.23. The molecule has 0 bridgehead atoms. The quantitative estimate of drug-likeness (QED) is 0.469. The minimum absolute atomic E-state index is 0.0380. The first-order valence-corrected chi connectivity index (χ1v) is 11.4. The minimum Gasteiger partial charge on any atom is -0.460 e. The summed E-state index contributed by atoms with van der Waals surface area (Å²) < 4.78 is 10.4. The van der Waals surface area contributed by atoms with Gasteiger partial charge in [0.1, 0.15) is 6.61 Å². The molecule has 0 saturated heterocycles. The van der Waals surface area contributed by atoms with Gasteiger partial charge in [0.05, 0.1) is 30.3 Å². The lowest BCUT2D eigenvalue weighted by atomic mass is 9.93. The van der Waals surface area contributed by atoms with Gasteiger partial charge in [-0.05, 0) is 36.8 Å². The van der Waals surface area contributed by atoms with Gasteiger partial charge in [0, 0.05) is 23.9 Å². The number of hydrogen-bond donors (Lipinski definition) is 1. The fourth-order valence-electron chi connectivity index (χ4n) is 3.59. The Morgan fingerprint density at radius 3 is 2.77 bits per heavy atom. The Hall–Kier alpha value is -2.29. The maximum atomic E-state index is 13.1. The molecule has 1 unspecified atom stereocenters. The summed E-state index contributed by atoms with van der Waals surface area (Å²) in [5.74, 6) is -0.509. The summed E-state index contributed by atoms with van der Waals surface area (Å²) in [4.78, 5) is 32.2. The predicted octanol–water partition coefficient (Wildman–Crippen LogP) is 3.77. The van der Waals surface area contributed by atoms with Gasteiger partial charge in [-0.3, -0.25) is 4.79 Å². The largest absolute Gasteiger partial charge is 0.460 e. The normalized spacial score (nSPS) is 20.2. The van der Waals surface area contributed by atoms with Crippen LogP contribution in [0, 0.1) is 0 Å². The summed E-state index contributed by atoms with van der Waals surface area (Å²) in [5.41, 5.74) is 2.51. The van der Waals surface area contributed by atoms with Crippen LogP contribution in [0.15, 0.2) is 51.6 Å². The van der Waals surface area contributed by atoms with E-state index in [9.17, 15) is 9.59 Å².